The second-order valence-electron chi connectivity index (χ2n) is 4.37. The van der Waals surface area contributed by atoms with Crippen LogP contribution in [0.15, 0.2) is 29.5 Å². The number of rotatable bonds is 3. The third kappa shape index (κ3) is 2.55. The summed E-state index contributed by atoms with van der Waals surface area (Å²) in [4.78, 5) is 2.64. The first-order valence-corrected chi connectivity index (χ1v) is 5.73. The van der Waals surface area contributed by atoms with Gasteiger partial charge in [-0.2, -0.15) is 13.2 Å². The lowest BCUT2D eigenvalue weighted by Crippen LogP contribution is -2.11. The van der Waals surface area contributed by atoms with Gasteiger partial charge in [-0.1, -0.05) is 12.0 Å². The van der Waals surface area contributed by atoms with Crippen molar-refractivity contribution in [1.29, 1.82) is 0 Å². The van der Waals surface area contributed by atoms with Gasteiger partial charge < -0.3 is 4.57 Å². The average Bonchev–Trinajstić information content (AvgIpc) is 2.70. The normalized spacial score (nSPS) is 13.2. The van der Waals surface area contributed by atoms with E-state index in [9.17, 15) is 17.6 Å². The van der Waals surface area contributed by atoms with E-state index in [4.69, 9.17) is 5.53 Å². The number of nitrogens with zero attached hydrogens (tertiary/aromatic N) is 4. The Morgan fingerprint density at radius 3 is 2.65 bits per heavy atom. The summed E-state index contributed by atoms with van der Waals surface area (Å²) in [6.45, 7) is 1.86. The molecule has 2 rings (SSSR count). The SMILES string of the molecule is CC(Cn1ccc2c(C(F)(F)F)c(F)ccc21)N=[N+]=[N-]. The number of azide groups is 1. The fourth-order valence-corrected chi connectivity index (χ4v) is 2.10. The molecule has 0 bridgehead atoms. The fourth-order valence-electron chi connectivity index (χ4n) is 2.10. The molecule has 106 valence electrons. The molecule has 8 heteroatoms. The zero-order chi connectivity index (χ0) is 14.9. The Hall–Kier alpha value is -2.21. The summed E-state index contributed by atoms with van der Waals surface area (Å²) in [6, 6.07) is 2.86. The molecular weight excluding hydrogens is 276 g/mol. The molecule has 1 aromatic heterocycles. The zero-order valence-electron chi connectivity index (χ0n) is 10.4. The van der Waals surface area contributed by atoms with Crippen LogP contribution in [0.5, 0.6) is 0 Å². The van der Waals surface area contributed by atoms with Crippen LogP contribution >= 0.6 is 0 Å². The fraction of sp³-hybridized carbons (Fsp3) is 0.333. The maximum atomic E-state index is 13.4. The monoisotopic (exact) mass is 286 g/mol. The predicted octanol–water partition coefficient (Wildman–Crippen LogP) is 4.50. The summed E-state index contributed by atoms with van der Waals surface area (Å²) < 4.78 is 53.5. The van der Waals surface area contributed by atoms with E-state index >= 15 is 0 Å². The number of fused-ring (bicyclic) bond motifs is 1. The summed E-state index contributed by atoms with van der Waals surface area (Å²) in [5.74, 6) is -1.30. The average molecular weight is 286 g/mol. The van der Waals surface area contributed by atoms with E-state index in [0.29, 0.717) is 0 Å². The lowest BCUT2D eigenvalue weighted by molar-refractivity contribution is -0.138. The van der Waals surface area contributed by atoms with Gasteiger partial charge in [-0.25, -0.2) is 4.39 Å². The number of aromatic nitrogens is 1. The molecule has 1 unspecified atom stereocenters. The summed E-state index contributed by atoms with van der Waals surface area (Å²) in [7, 11) is 0. The molecule has 0 fully saturated rings. The highest BCUT2D eigenvalue weighted by Gasteiger charge is 2.36. The lowest BCUT2D eigenvalue weighted by Gasteiger charge is -2.12. The molecule has 0 saturated heterocycles. The molecule has 0 spiro atoms. The van der Waals surface area contributed by atoms with Crippen molar-refractivity contribution in [2.75, 3.05) is 0 Å². The van der Waals surface area contributed by atoms with E-state index in [1.807, 2.05) is 0 Å². The van der Waals surface area contributed by atoms with Crippen LogP contribution in [0.3, 0.4) is 0 Å². The largest absolute Gasteiger partial charge is 0.419 e. The van der Waals surface area contributed by atoms with Crippen LogP contribution in [0.4, 0.5) is 17.6 Å². The number of alkyl halides is 3. The van der Waals surface area contributed by atoms with Gasteiger partial charge in [0.15, 0.2) is 0 Å². The highest BCUT2D eigenvalue weighted by atomic mass is 19.4. The smallest absolute Gasteiger partial charge is 0.347 e. The van der Waals surface area contributed by atoms with Crippen molar-refractivity contribution in [2.24, 2.45) is 5.11 Å². The van der Waals surface area contributed by atoms with Crippen LogP contribution in [-0.2, 0) is 12.7 Å². The molecule has 2 aromatic rings. The molecule has 0 radical (unpaired) electrons. The van der Waals surface area contributed by atoms with Crippen LogP contribution in [0.1, 0.15) is 12.5 Å². The zero-order valence-corrected chi connectivity index (χ0v) is 10.4. The second kappa shape index (κ2) is 5.05. The van der Waals surface area contributed by atoms with Gasteiger partial charge in [0, 0.05) is 28.6 Å². The van der Waals surface area contributed by atoms with Gasteiger partial charge >= 0.3 is 6.18 Å². The van der Waals surface area contributed by atoms with E-state index in [-0.39, 0.29) is 17.4 Å². The molecule has 1 heterocycles. The Balaban J connectivity index is 2.55. The van der Waals surface area contributed by atoms with Crippen LogP contribution in [0.2, 0.25) is 0 Å². The van der Waals surface area contributed by atoms with Crippen LogP contribution in [0, 0.1) is 5.82 Å². The van der Waals surface area contributed by atoms with E-state index in [1.54, 1.807) is 6.92 Å². The van der Waals surface area contributed by atoms with Crippen molar-refractivity contribution in [3.05, 3.63) is 46.2 Å². The number of hydrogen-bond donors (Lipinski definition) is 0. The quantitative estimate of drug-likeness (QED) is 0.345. The van der Waals surface area contributed by atoms with Crippen molar-refractivity contribution in [2.45, 2.75) is 25.7 Å². The van der Waals surface area contributed by atoms with Crippen molar-refractivity contribution in [1.82, 2.24) is 4.57 Å². The number of benzene rings is 1. The Labute approximate surface area is 111 Å². The van der Waals surface area contributed by atoms with Crippen LogP contribution in [-0.4, -0.2) is 10.6 Å². The molecule has 4 nitrogen and oxygen atoms in total. The second-order valence-corrected chi connectivity index (χ2v) is 4.37. The van der Waals surface area contributed by atoms with E-state index in [0.717, 1.165) is 6.07 Å². The van der Waals surface area contributed by atoms with Gasteiger partial charge in [0.1, 0.15) is 11.4 Å². The lowest BCUT2D eigenvalue weighted by atomic mass is 10.1. The Kier molecular flexibility index (Phi) is 3.59. The predicted molar refractivity (Wildman–Crippen MR) is 65.5 cm³/mol. The van der Waals surface area contributed by atoms with Crippen molar-refractivity contribution < 1.29 is 17.6 Å². The summed E-state index contributed by atoms with van der Waals surface area (Å²) in [5, 5.41) is 3.26. The minimum Gasteiger partial charge on any atom is -0.347 e. The highest BCUT2D eigenvalue weighted by Crippen LogP contribution is 2.37. The van der Waals surface area contributed by atoms with Gasteiger partial charge in [-0.05, 0) is 23.7 Å². The minimum atomic E-state index is -4.76. The summed E-state index contributed by atoms with van der Waals surface area (Å²) in [5.41, 5.74) is 7.29. The molecular formula is C12H10F4N4. The molecule has 0 saturated carbocycles. The van der Waals surface area contributed by atoms with Gasteiger partial charge in [-0.3, -0.25) is 0 Å². The van der Waals surface area contributed by atoms with Crippen molar-refractivity contribution >= 4 is 10.9 Å². The summed E-state index contributed by atoms with van der Waals surface area (Å²) in [6.07, 6.45) is -3.34. The third-order valence-corrected chi connectivity index (χ3v) is 2.90. The number of halogens is 4. The Morgan fingerprint density at radius 1 is 1.35 bits per heavy atom. The maximum Gasteiger partial charge on any atom is 0.419 e. The molecule has 1 aromatic carbocycles. The maximum absolute atomic E-state index is 13.4. The van der Waals surface area contributed by atoms with Crippen molar-refractivity contribution in [3.8, 4) is 0 Å². The van der Waals surface area contributed by atoms with Gasteiger partial charge in [0.2, 0.25) is 0 Å². The van der Waals surface area contributed by atoms with Gasteiger partial charge in [0.05, 0.1) is 6.04 Å². The first-order chi connectivity index (χ1) is 9.34. The van der Waals surface area contributed by atoms with Crippen molar-refractivity contribution in [3.63, 3.8) is 0 Å². The first kappa shape index (κ1) is 14.2. The molecule has 0 aliphatic rings. The molecule has 0 amide bonds. The Morgan fingerprint density at radius 2 is 2.05 bits per heavy atom. The van der Waals surface area contributed by atoms with E-state index in [2.05, 4.69) is 10.0 Å². The third-order valence-electron chi connectivity index (χ3n) is 2.90. The van der Waals surface area contributed by atoms with E-state index < -0.39 is 23.6 Å². The van der Waals surface area contributed by atoms with Gasteiger partial charge in [-0.15, -0.1) is 0 Å². The topological polar surface area (TPSA) is 53.7 Å². The molecule has 20 heavy (non-hydrogen) atoms. The van der Waals surface area contributed by atoms with Crippen LogP contribution < -0.4 is 0 Å². The highest BCUT2D eigenvalue weighted by molar-refractivity contribution is 5.84. The molecule has 0 aliphatic carbocycles. The Bertz CT molecular complexity index is 683. The molecule has 1 atom stereocenters. The minimum absolute atomic E-state index is 0.203. The standard InChI is InChI=1S/C12H10F4N4/c1-7(18-19-17)6-20-5-4-8-10(20)3-2-9(13)11(8)12(14,15)16/h2-5,7H,6H2,1H3. The number of hydrogen-bond acceptors (Lipinski definition) is 1. The van der Waals surface area contributed by atoms with Crippen LogP contribution in [0.25, 0.3) is 21.3 Å². The molecule has 0 N–H and O–H groups in total. The summed E-state index contributed by atoms with van der Waals surface area (Å²) >= 11 is 0. The molecule has 0 aliphatic heterocycles. The first-order valence-electron chi connectivity index (χ1n) is 5.73. The van der Waals surface area contributed by atoms with E-state index in [1.165, 1.54) is 22.9 Å². The van der Waals surface area contributed by atoms with Gasteiger partial charge in [0.25, 0.3) is 0 Å².